The van der Waals surface area contributed by atoms with Crippen LogP contribution in [0.1, 0.15) is 75.0 Å². The second-order valence-electron chi connectivity index (χ2n) is 11.6. The minimum absolute atomic E-state index is 0.0576. The number of halogens is 2. The lowest BCUT2D eigenvalue weighted by Crippen LogP contribution is -2.47. The van der Waals surface area contributed by atoms with E-state index in [1.807, 2.05) is 79.4 Å². The first-order valence-corrected chi connectivity index (χ1v) is 15.0. The monoisotopic (exact) mass is 551 g/mol. The number of carbonyl (C=O) groups excluding carboxylic acids is 1. The zero-order chi connectivity index (χ0) is 28.4. The normalized spacial score (nSPS) is 18.6. The molecule has 0 spiro atoms. The number of nitrogens with zero attached hydrogens (tertiary/aromatic N) is 1. The average Bonchev–Trinajstić information content (AvgIpc) is 2.90. The highest BCUT2D eigenvalue weighted by molar-refractivity contribution is 6.32. The Labute approximate surface area is 233 Å². The summed E-state index contributed by atoms with van der Waals surface area (Å²) in [5.74, 6) is -2.59. The number of hydrogen-bond acceptors (Lipinski definition) is 4. The van der Waals surface area contributed by atoms with Crippen LogP contribution in [0.5, 0.6) is 0 Å². The molecular formula is C32H39F2NO3Si. The lowest BCUT2D eigenvalue weighted by atomic mass is 9.78. The Hall–Kier alpha value is -2.87. The number of benzene rings is 3. The van der Waals surface area contributed by atoms with E-state index in [0.29, 0.717) is 18.7 Å². The van der Waals surface area contributed by atoms with Crippen molar-refractivity contribution in [3.63, 3.8) is 0 Å². The predicted octanol–water partition coefficient (Wildman–Crippen LogP) is 6.78. The van der Waals surface area contributed by atoms with Crippen LogP contribution in [0.4, 0.5) is 14.5 Å². The Balaban J connectivity index is 2.15. The van der Waals surface area contributed by atoms with Crippen molar-refractivity contribution in [3.8, 4) is 0 Å². The average molecular weight is 552 g/mol. The third-order valence-corrected chi connectivity index (χ3v) is 8.44. The van der Waals surface area contributed by atoms with Crippen LogP contribution in [0.3, 0.4) is 0 Å². The van der Waals surface area contributed by atoms with Crippen molar-refractivity contribution in [2.45, 2.75) is 70.8 Å². The topological polar surface area (TPSA) is 38.8 Å². The second-order valence-corrected chi connectivity index (χ2v) is 14.3. The molecule has 208 valence electrons. The number of ether oxygens (including phenoxy) is 1. The van der Waals surface area contributed by atoms with Crippen molar-refractivity contribution in [1.29, 1.82) is 0 Å². The minimum atomic E-state index is -1.26. The highest BCUT2D eigenvalue weighted by Gasteiger charge is 2.44. The Morgan fingerprint density at radius 2 is 1.46 bits per heavy atom. The standard InChI is InChI=1S/C32H39F2NO3Si/c1-7-27(36)25-18-26(30(29(34)28(25)33)35-19-21(2)37-22(3)20-35)32(38-39-31(4,5)6,23-14-10-8-11-15-23)24-16-12-9-13-17-24/h8-18,21-22H,7,19-20,39H2,1-6H3. The molecule has 0 radical (unpaired) electrons. The van der Waals surface area contributed by atoms with Gasteiger partial charge < -0.3 is 14.1 Å². The van der Waals surface area contributed by atoms with Gasteiger partial charge in [-0.05, 0) is 36.1 Å². The van der Waals surface area contributed by atoms with Gasteiger partial charge in [0.1, 0.15) is 5.60 Å². The highest BCUT2D eigenvalue weighted by atomic mass is 28.2. The molecule has 7 heteroatoms. The smallest absolute Gasteiger partial charge is 0.183 e. The Kier molecular flexibility index (Phi) is 8.74. The van der Waals surface area contributed by atoms with Gasteiger partial charge in [-0.2, -0.15) is 0 Å². The maximum atomic E-state index is 16.4. The molecule has 3 aromatic carbocycles. The van der Waals surface area contributed by atoms with E-state index >= 15 is 8.78 Å². The van der Waals surface area contributed by atoms with Crippen molar-refractivity contribution in [1.82, 2.24) is 0 Å². The van der Waals surface area contributed by atoms with Gasteiger partial charge in [0.25, 0.3) is 0 Å². The fourth-order valence-electron chi connectivity index (χ4n) is 5.34. The molecule has 0 saturated carbocycles. The first-order chi connectivity index (χ1) is 18.5. The van der Waals surface area contributed by atoms with Gasteiger partial charge in [-0.1, -0.05) is 88.4 Å². The first kappa shape index (κ1) is 29.1. The largest absolute Gasteiger partial charge is 0.406 e. The van der Waals surface area contributed by atoms with E-state index in [1.54, 1.807) is 13.0 Å². The molecule has 1 heterocycles. The first-order valence-electron chi connectivity index (χ1n) is 13.7. The molecule has 3 aromatic rings. The number of morpholine rings is 1. The zero-order valence-electron chi connectivity index (χ0n) is 23.8. The van der Waals surface area contributed by atoms with E-state index < -0.39 is 32.8 Å². The van der Waals surface area contributed by atoms with Crippen LogP contribution in [0.15, 0.2) is 66.7 Å². The maximum Gasteiger partial charge on any atom is 0.183 e. The number of hydrogen-bond donors (Lipinski definition) is 0. The number of ketones is 1. The van der Waals surface area contributed by atoms with Crippen LogP contribution < -0.4 is 4.90 Å². The number of Topliss-reactive ketones (excluding diaryl/α,β-unsaturated/α-hetero) is 1. The summed E-state index contributed by atoms with van der Waals surface area (Å²) in [5, 5.41) is -0.0996. The van der Waals surface area contributed by atoms with Crippen LogP contribution in [-0.2, 0) is 14.8 Å². The summed E-state index contributed by atoms with van der Waals surface area (Å²) >= 11 is 0. The fraction of sp³-hybridized carbons (Fsp3) is 0.406. The van der Waals surface area contributed by atoms with Gasteiger partial charge in [-0.15, -0.1) is 0 Å². The molecule has 0 aromatic heterocycles. The summed E-state index contributed by atoms with van der Waals surface area (Å²) in [7, 11) is -1.25. The molecule has 1 saturated heterocycles. The predicted molar refractivity (Wildman–Crippen MR) is 155 cm³/mol. The highest BCUT2D eigenvalue weighted by Crippen LogP contribution is 2.48. The number of rotatable bonds is 8. The van der Waals surface area contributed by atoms with Crippen LogP contribution >= 0.6 is 0 Å². The Morgan fingerprint density at radius 3 is 1.92 bits per heavy atom. The molecule has 0 N–H and O–H groups in total. The van der Waals surface area contributed by atoms with E-state index in [0.717, 1.165) is 11.1 Å². The van der Waals surface area contributed by atoms with Gasteiger partial charge in [0.05, 0.1) is 23.5 Å². The van der Waals surface area contributed by atoms with Gasteiger partial charge in [-0.3, -0.25) is 4.79 Å². The Morgan fingerprint density at radius 1 is 0.949 bits per heavy atom. The summed E-state index contributed by atoms with van der Waals surface area (Å²) in [6.45, 7) is 12.7. The molecule has 39 heavy (non-hydrogen) atoms. The molecule has 0 aliphatic carbocycles. The lowest BCUT2D eigenvalue weighted by molar-refractivity contribution is -0.00567. The molecule has 0 amide bonds. The van der Waals surface area contributed by atoms with Crippen LogP contribution in [-0.4, -0.2) is 40.8 Å². The van der Waals surface area contributed by atoms with Gasteiger partial charge in [0.15, 0.2) is 27.2 Å². The molecule has 1 aliphatic heterocycles. The van der Waals surface area contributed by atoms with Gasteiger partial charge >= 0.3 is 0 Å². The molecule has 2 atom stereocenters. The third kappa shape index (κ3) is 6.00. The van der Waals surface area contributed by atoms with E-state index in [2.05, 4.69) is 20.8 Å². The van der Waals surface area contributed by atoms with E-state index in [9.17, 15) is 4.79 Å². The zero-order valence-corrected chi connectivity index (χ0v) is 25.2. The molecule has 1 fully saturated rings. The van der Waals surface area contributed by atoms with Crippen molar-refractivity contribution in [2.24, 2.45) is 0 Å². The quantitative estimate of drug-likeness (QED) is 0.176. The van der Waals surface area contributed by atoms with Crippen LogP contribution in [0, 0.1) is 11.6 Å². The second kappa shape index (κ2) is 11.7. The summed E-state index contributed by atoms with van der Waals surface area (Å²) in [6.07, 6.45) is -0.315. The van der Waals surface area contributed by atoms with E-state index in [-0.39, 0.29) is 34.9 Å². The summed E-state index contributed by atoms with van der Waals surface area (Å²) in [6, 6.07) is 20.9. The van der Waals surface area contributed by atoms with Crippen molar-refractivity contribution >= 4 is 21.2 Å². The van der Waals surface area contributed by atoms with Crippen molar-refractivity contribution < 1.29 is 22.7 Å². The third-order valence-electron chi connectivity index (χ3n) is 7.00. The number of anilines is 1. The molecule has 2 unspecified atom stereocenters. The van der Waals surface area contributed by atoms with Gasteiger partial charge in [0.2, 0.25) is 0 Å². The summed E-state index contributed by atoms with van der Waals surface area (Å²) < 4.78 is 45.2. The minimum Gasteiger partial charge on any atom is -0.406 e. The SMILES string of the molecule is CCC(=O)c1cc(C(O[SiH2]C(C)(C)C)(c2ccccc2)c2ccccc2)c(N2CC(C)OC(C)C2)c(F)c1F. The summed E-state index contributed by atoms with van der Waals surface area (Å²) in [4.78, 5) is 14.8. The maximum absolute atomic E-state index is 16.4. The van der Waals surface area contributed by atoms with Crippen LogP contribution in [0.2, 0.25) is 5.04 Å². The van der Waals surface area contributed by atoms with Gasteiger partial charge in [-0.25, -0.2) is 8.78 Å². The summed E-state index contributed by atoms with van der Waals surface area (Å²) in [5.41, 5.74) is 0.639. The molecule has 4 rings (SSSR count). The molecule has 4 nitrogen and oxygen atoms in total. The number of carbonyl (C=O) groups is 1. The lowest BCUT2D eigenvalue weighted by Gasteiger charge is -2.43. The van der Waals surface area contributed by atoms with Gasteiger partial charge in [0, 0.05) is 25.1 Å². The van der Waals surface area contributed by atoms with Crippen LogP contribution in [0.25, 0.3) is 0 Å². The molecular weight excluding hydrogens is 512 g/mol. The van der Waals surface area contributed by atoms with E-state index in [4.69, 9.17) is 9.16 Å². The Bertz CT molecular complexity index is 1240. The molecule has 1 aliphatic rings. The van der Waals surface area contributed by atoms with E-state index in [1.165, 1.54) is 0 Å². The fourth-order valence-corrected chi connectivity index (χ4v) is 6.48. The van der Waals surface area contributed by atoms with Crippen molar-refractivity contribution in [3.05, 3.63) is 101 Å². The van der Waals surface area contributed by atoms with Crippen molar-refractivity contribution in [2.75, 3.05) is 18.0 Å². The molecule has 0 bridgehead atoms.